The second-order valence-corrected chi connectivity index (χ2v) is 4.89. The molecular weight excluding hydrogens is 296 g/mol. The van der Waals surface area contributed by atoms with Crippen molar-refractivity contribution in [1.29, 1.82) is 0 Å². The summed E-state index contributed by atoms with van der Waals surface area (Å²) >= 11 is 0. The Morgan fingerprint density at radius 3 is 2.57 bits per heavy atom. The summed E-state index contributed by atoms with van der Waals surface area (Å²) < 4.78 is 0. The minimum atomic E-state index is -1.15. The number of amides is 4. The van der Waals surface area contributed by atoms with Crippen molar-refractivity contribution < 1.29 is 14.4 Å². The molecule has 2 rings (SSSR count). The molecule has 8 heteroatoms. The normalized spacial score (nSPS) is 21.9. The molecule has 7 nitrogen and oxygen atoms in total. The lowest BCUT2D eigenvalue weighted by atomic mass is 9.92. The third-order valence-electron chi connectivity index (χ3n) is 3.17. The molecular formula is C13H17ClN4O3. The highest BCUT2D eigenvalue weighted by molar-refractivity contribution is 6.07. The Morgan fingerprint density at radius 2 is 2.05 bits per heavy atom. The maximum absolute atomic E-state index is 11.8. The average molecular weight is 313 g/mol. The summed E-state index contributed by atoms with van der Waals surface area (Å²) in [6, 6.07) is 5.53. The molecule has 0 aromatic heterocycles. The van der Waals surface area contributed by atoms with Gasteiger partial charge in [-0.05, 0) is 31.5 Å². The summed E-state index contributed by atoms with van der Waals surface area (Å²) in [4.78, 5) is 34.7. The third kappa shape index (κ3) is 3.32. The van der Waals surface area contributed by atoms with Gasteiger partial charge >= 0.3 is 6.03 Å². The van der Waals surface area contributed by atoms with Gasteiger partial charge in [-0.15, -0.1) is 12.4 Å². The first-order valence-electron chi connectivity index (χ1n) is 6.13. The first-order chi connectivity index (χ1) is 9.33. The van der Waals surface area contributed by atoms with Crippen LogP contribution in [0.5, 0.6) is 0 Å². The molecule has 4 amide bonds. The number of rotatable bonds is 3. The van der Waals surface area contributed by atoms with E-state index in [1.54, 1.807) is 38.1 Å². The topological polar surface area (TPSA) is 113 Å². The van der Waals surface area contributed by atoms with Crippen molar-refractivity contribution in [3.8, 4) is 0 Å². The summed E-state index contributed by atoms with van der Waals surface area (Å²) in [6.07, 6.45) is 0. The summed E-state index contributed by atoms with van der Waals surface area (Å²) in [5.74, 6) is -0.759. The summed E-state index contributed by atoms with van der Waals surface area (Å²) in [5, 5.41) is 7.39. The second-order valence-electron chi connectivity index (χ2n) is 4.89. The predicted molar refractivity (Wildman–Crippen MR) is 80.0 cm³/mol. The maximum atomic E-state index is 11.8. The van der Waals surface area contributed by atoms with E-state index >= 15 is 0 Å². The van der Waals surface area contributed by atoms with Crippen molar-refractivity contribution in [2.75, 3.05) is 5.32 Å². The molecule has 1 aromatic rings. The molecule has 0 saturated carbocycles. The quantitative estimate of drug-likeness (QED) is 0.607. The van der Waals surface area contributed by atoms with Crippen LogP contribution < -0.4 is 21.7 Å². The Labute approximate surface area is 128 Å². The fraction of sp³-hybridized carbons (Fsp3) is 0.308. The van der Waals surface area contributed by atoms with Crippen molar-refractivity contribution in [2.45, 2.75) is 25.4 Å². The fourth-order valence-electron chi connectivity index (χ4n) is 1.91. The lowest BCUT2D eigenvalue weighted by molar-refractivity contribution is -0.123. The van der Waals surface area contributed by atoms with Gasteiger partial charge in [-0.1, -0.05) is 12.1 Å². The number of carbonyl (C=O) groups excluding carboxylic acids is 3. The van der Waals surface area contributed by atoms with E-state index in [1.165, 1.54) is 0 Å². The maximum Gasteiger partial charge on any atom is 0.322 e. The molecule has 5 N–H and O–H groups in total. The molecule has 1 fully saturated rings. The number of hydrogen-bond acceptors (Lipinski definition) is 4. The van der Waals surface area contributed by atoms with Crippen LogP contribution in [0, 0.1) is 0 Å². The Bertz CT molecular complexity index is 591. The predicted octanol–water partition coefficient (Wildman–Crippen LogP) is 0.449. The second kappa shape index (κ2) is 6.11. The van der Waals surface area contributed by atoms with E-state index in [9.17, 15) is 14.4 Å². The number of nitrogens with one attached hydrogen (secondary N) is 3. The Morgan fingerprint density at radius 1 is 1.38 bits per heavy atom. The van der Waals surface area contributed by atoms with Crippen LogP contribution in [0.1, 0.15) is 19.4 Å². The molecule has 1 saturated heterocycles. The van der Waals surface area contributed by atoms with Gasteiger partial charge < -0.3 is 16.4 Å². The molecule has 1 aliphatic rings. The number of carbonyl (C=O) groups is 3. The van der Waals surface area contributed by atoms with E-state index in [4.69, 9.17) is 5.73 Å². The molecule has 1 unspecified atom stereocenters. The molecule has 0 radical (unpaired) electrons. The van der Waals surface area contributed by atoms with Crippen LogP contribution in [0.15, 0.2) is 24.3 Å². The third-order valence-corrected chi connectivity index (χ3v) is 3.17. The SMILES string of the molecule is C[C@@H](N)C(=O)Nc1cccc(C2(C)NC(=O)NC2=O)c1.Cl. The first-order valence-corrected chi connectivity index (χ1v) is 6.13. The van der Waals surface area contributed by atoms with Crippen molar-refractivity contribution in [3.05, 3.63) is 29.8 Å². The number of halogens is 1. The lowest BCUT2D eigenvalue weighted by Crippen LogP contribution is -2.40. The van der Waals surface area contributed by atoms with Crippen molar-refractivity contribution in [2.24, 2.45) is 5.73 Å². The van der Waals surface area contributed by atoms with Crippen LogP contribution in [0.4, 0.5) is 10.5 Å². The fourth-order valence-corrected chi connectivity index (χ4v) is 1.91. The molecule has 21 heavy (non-hydrogen) atoms. The number of anilines is 1. The smallest absolute Gasteiger partial charge is 0.322 e. The van der Waals surface area contributed by atoms with E-state index < -0.39 is 23.5 Å². The van der Waals surface area contributed by atoms with E-state index in [-0.39, 0.29) is 18.3 Å². The zero-order chi connectivity index (χ0) is 14.9. The number of nitrogens with two attached hydrogens (primary N) is 1. The Kier molecular flexibility index (Phi) is 4.93. The van der Waals surface area contributed by atoms with Gasteiger partial charge in [-0.25, -0.2) is 4.79 Å². The molecule has 1 heterocycles. The highest BCUT2D eigenvalue weighted by atomic mass is 35.5. The van der Waals surface area contributed by atoms with Gasteiger partial charge in [0.25, 0.3) is 5.91 Å². The number of hydrogen-bond donors (Lipinski definition) is 4. The minimum absolute atomic E-state index is 0. The number of imide groups is 1. The summed E-state index contributed by atoms with van der Waals surface area (Å²) in [7, 11) is 0. The highest BCUT2D eigenvalue weighted by Crippen LogP contribution is 2.26. The van der Waals surface area contributed by atoms with Gasteiger partial charge in [-0.3, -0.25) is 14.9 Å². The Hall–Kier alpha value is -2.12. The lowest BCUT2D eigenvalue weighted by Gasteiger charge is -2.21. The van der Waals surface area contributed by atoms with Gasteiger partial charge in [0, 0.05) is 5.69 Å². The van der Waals surface area contributed by atoms with E-state index in [2.05, 4.69) is 16.0 Å². The zero-order valence-electron chi connectivity index (χ0n) is 11.6. The van der Waals surface area contributed by atoms with Gasteiger partial charge in [0.2, 0.25) is 5.91 Å². The van der Waals surface area contributed by atoms with Gasteiger partial charge in [0.1, 0.15) is 5.54 Å². The summed E-state index contributed by atoms with van der Waals surface area (Å²) in [6.45, 7) is 3.17. The molecule has 0 spiro atoms. The number of benzene rings is 1. The van der Waals surface area contributed by atoms with Crippen LogP contribution in [0.2, 0.25) is 0 Å². The molecule has 114 valence electrons. The van der Waals surface area contributed by atoms with Crippen molar-refractivity contribution in [3.63, 3.8) is 0 Å². The van der Waals surface area contributed by atoms with Crippen LogP contribution in [0.3, 0.4) is 0 Å². The zero-order valence-corrected chi connectivity index (χ0v) is 12.4. The standard InChI is InChI=1S/C13H16N4O3.ClH/c1-7(14)10(18)15-9-5-3-4-8(6-9)13(2)11(19)16-12(20)17-13;/h3-7H,14H2,1-2H3,(H,15,18)(H2,16,17,19,20);1H/t7-,13?;/m1./s1. The number of urea groups is 1. The van der Waals surface area contributed by atoms with E-state index in [0.29, 0.717) is 11.3 Å². The molecule has 0 aliphatic carbocycles. The molecule has 1 aromatic carbocycles. The molecule has 2 atom stereocenters. The first kappa shape index (κ1) is 16.9. The molecule has 0 bridgehead atoms. The van der Waals surface area contributed by atoms with Gasteiger partial charge in [0.15, 0.2) is 0 Å². The monoisotopic (exact) mass is 312 g/mol. The van der Waals surface area contributed by atoms with Crippen molar-refractivity contribution >= 4 is 35.9 Å². The largest absolute Gasteiger partial charge is 0.325 e. The highest BCUT2D eigenvalue weighted by Gasteiger charge is 2.43. The molecule has 1 aliphatic heterocycles. The van der Waals surface area contributed by atoms with E-state index in [1.807, 2.05) is 0 Å². The average Bonchev–Trinajstić information content (AvgIpc) is 2.64. The van der Waals surface area contributed by atoms with Gasteiger partial charge in [-0.2, -0.15) is 0 Å². The van der Waals surface area contributed by atoms with E-state index in [0.717, 1.165) is 0 Å². The Balaban J connectivity index is 0.00000220. The van der Waals surface area contributed by atoms with Gasteiger partial charge in [0.05, 0.1) is 6.04 Å². The summed E-state index contributed by atoms with van der Waals surface area (Å²) in [5.41, 5.74) is 5.42. The van der Waals surface area contributed by atoms with Crippen LogP contribution in [-0.2, 0) is 15.1 Å². The van der Waals surface area contributed by atoms with Crippen molar-refractivity contribution in [1.82, 2.24) is 10.6 Å². The van der Waals surface area contributed by atoms with Crippen LogP contribution in [-0.4, -0.2) is 23.9 Å². The minimum Gasteiger partial charge on any atom is -0.325 e. The van der Waals surface area contributed by atoms with Crippen LogP contribution in [0.25, 0.3) is 0 Å². The van der Waals surface area contributed by atoms with Crippen LogP contribution >= 0.6 is 12.4 Å².